The first-order valence-electron chi connectivity index (χ1n) is 9.09. The van der Waals surface area contributed by atoms with E-state index in [1.807, 2.05) is 37.3 Å². The molecule has 27 heavy (non-hydrogen) atoms. The highest BCUT2D eigenvalue weighted by molar-refractivity contribution is 5.51. The summed E-state index contributed by atoms with van der Waals surface area (Å²) in [5, 5.41) is 3.44. The maximum atomic E-state index is 13.8. The molecule has 4 heteroatoms. The fourth-order valence-electron chi connectivity index (χ4n) is 2.79. The predicted molar refractivity (Wildman–Crippen MR) is 107 cm³/mol. The summed E-state index contributed by atoms with van der Waals surface area (Å²) in [6.45, 7) is 5.38. The van der Waals surface area contributed by atoms with Crippen LogP contribution in [-0.4, -0.2) is 6.61 Å². The number of aryl methyl sites for hydroxylation is 1. The number of anilines is 1. The molecule has 0 saturated carbocycles. The SMILES string of the molecule is CCOc1cc(CNc2ccccc2C)ccc1OCc1ccccc1F. The van der Waals surface area contributed by atoms with Crippen molar-refractivity contribution in [2.75, 3.05) is 11.9 Å². The number of para-hydroxylation sites is 1. The molecule has 0 fully saturated rings. The maximum Gasteiger partial charge on any atom is 0.161 e. The molecule has 1 N–H and O–H groups in total. The minimum Gasteiger partial charge on any atom is -0.490 e. The average Bonchev–Trinajstić information content (AvgIpc) is 2.68. The zero-order valence-electron chi connectivity index (χ0n) is 15.7. The minimum atomic E-state index is -0.269. The van der Waals surface area contributed by atoms with Crippen molar-refractivity contribution < 1.29 is 13.9 Å². The summed E-state index contributed by atoms with van der Waals surface area (Å²) in [5.74, 6) is 1.01. The second kappa shape index (κ2) is 9.08. The molecule has 0 amide bonds. The summed E-state index contributed by atoms with van der Waals surface area (Å²) in [6, 6.07) is 20.6. The summed E-state index contributed by atoms with van der Waals surface area (Å²) < 4.78 is 25.3. The highest BCUT2D eigenvalue weighted by atomic mass is 19.1. The molecule has 3 aromatic carbocycles. The number of hydrogen-bond donors (Lipinski definition) is 1. The van der Waals surface area contributed by atoms with Crippen LogP contribution in [0.25, 0.3) is 0 Å². The van der Waals surface area contributed by atoms with Crippen LogP contribution in [0.5, 0.6) is 11.5 Å². The van der Waals surface area contributed by atoms with Gasteiger partial charge in [-0.05, 0) is 49.2 Å². The fraction of sp³-hybridized carbons (Fsp3) is 0.217. The van der Waals surface area contributed by atoms with Gasteiger partial charge in [0.05, 0.1) is 6.61 Å². The largest absolute Gasteiger partial charge is 0.490 e. The van der Waals surface area contributed by atoms with E-state index in [2.05, 4.69) is 24.4 Å². The Morgan fingerprint density at radius 1 is 0.889 bits per heavy atom. The molecule has 0 unspecified atom stereocenters. The lowest BCUT2D eigenvalue weighted by Crippen LogP contribution is -2.04. The third kappa shape index (κ3) is 5.00. The second-order valence-corrected chi connectivity index (χ2v) is 6.26. The molecule has 0 atom stereocenters. The van der Waals surface area contributed by atoms with Gasteiger partial charge in [-0.1, -0.05) is 42.5 Å². The van der Waals surface area contributed by atoms with E-state index in [1.54, 1.807) is 18.2 Å². The lowest BCUT2D eigenvalue weighted by molar-refractivity contribution is 0.265. The first-order valence-corrected chi connectivity index (χ1v) is 9.09. The van der Waals surface area contributed by atoms with Gasteiger partial charge in [0.2, 0.25) is 0 Å². The Bertz CT molecular complexity index is 895. The molecule has 140 valence electrons. The number of nitrogens with one attached hydrogen (secondary N) is 1. The Labute approximate surface area is 159 Å². The molecule has 0 aliphatic rings. The van der Waals surface area contributed by atoms with Crippen molar-refractivity contribution in [3.05, 3.63) is 89.2 Å². The molecule has 0 saturated heterocycles. The van der Waals surface area contributed by atoms with Crippen molar-refractivity contribution in [3.63, 3.8) is 0 Å². The zero-order valence-corrected chi connectivity index (χ0v) is 15.7. The van der Waals surface area contributed by atoms with E-state index >= 15 is 0 Å². The van der Waals surface area contributed by atoms with Crippen molar-refractivity contribution in [2.45, 2.75) is 27.0 Å². The van der Waals surface area contributed by atoms with Crippen LogP contribution in [-0.2, 0) is 13.2 Å². The topological polar surface area (TPSA) is 30.5 Å². The third-order valence-corrected chi connectivity index (χ3v) is 4.28. The van der Waals surface area contributed by atoms with Gasteiger partial charge < -0.3 is 14.8 Å². The van der Waals surface area contributed by atoms with Gasteiger partial charge in [0, 0.05) is 17.8 Å². The van der Waals surface area contributed by atoms with E-state index < -0.39 is 0 Å². The first-order chi connectivity index (χ1) is 13.2. The molecule has 0 heterocycles. The van der Waals surface area contributed by atoms with Gasteiger partial charge in [-0.25, -0.2) is 4.39 Å². The van der Waals surface area contributed by atoms with Crippen molar-refractivity contribution in [2.24, 2.45) is 0 Å². The van der Waals surface area contributed by atoms with E-state index in [4.69, 9.17) is 9.47 Å². The van der Waals surface area contributed by atoms with E-state index in [1.165, 1.54) is 11.6 Å². The molecule has 0 bridgehead atoms. The number of ether oxygens (including phenoxy) is 2. The number of halogens is 1. The van der Waals surface area contributed by atoms with Crippen LogP contribution < -0.4 is 14.8 Å². The van der Waals surface area contributed by atoms with E-state index in [0.29, 0.717) is 30.2 Å². The first kappa shape index (κ1) is 18.8. The summed E-state index contributed by atoms with van der Waals surface area (Å²) >= 11 is 0. The highest BCUT2D eigenvalue weighted by Gasteiger charge is 2.09. The molecule has 3 rings (SSSR count). The molecule has 0 aromatic heterocycles. The van der Waals surface area contributed by atoms with Crippen molar-refractivity contribution in [3.8, 4) is 11.5 Å². The van der Waals surface area contributed by atoms with Gasteiger partial charge in [0.1, 0.15) is 12.4 Å². The van der Waals surface area contributed by atoms with Crippen LogP contribution in [0.4, 0.5) is 10.1 Å². The van der Waals surface area contributed by atoms with Crippen LogP contribution in [0.3, 0.4) is 0 Å². The van der Waals surface area contributed by atoms with Gasteiger partial charge in [0.15, 0.2) is 11.5 Å². The molecular weight excluding hydrogens is 341 g/mol. The van der Waals surface area contributed by atoms with E-state index in [-0.39, 0.29) is 12.4 Å². The smallest absolute Gasteiger partial charge is 0.161 e. The summed E-state index contributed by atoms with van der Waals surface area (Å²) in [4.78, 5) is 0. The Morgan fingerprint density at radius 2 is 1.67 bits per heavy atom. The lowest BCUT2D eigenvalue weighted by Gasteiger charge is -2.15. The lowest BCUT2D eigenvalue weighted by atomic mass is 10.1. The van der Waals surface area contributed by atoms with Gasteiger partial charge in [-0.15, -0.1) is 0 Å². The maximum absolute atomic E-state index is 13.8. The van der Waals surface area contributed by atoms with Crippen LogP contribution in [0.1, 0.15) is 23.6 Å². The molecule has 3 aromatic rings. The molecule has 0 radical (unpaired) electrons. The standard InChI is InChI=1S/C23H24FNO2/c1-3-26-23-14-18(15-25-21-11-7-4-8-17(21)2)12-13-22(23)27-16-19-9-5-6-10-20(19)24/h4-14,25H,3,15-16H2,1-2H3. The van der Waals surface area contributed by atoms with Crippen molar-refractivity contribution in [1.82, 2.24) is 0 Å². The van der Waals surface area contributed by atoms with Gasteiger partial charge in [-0.2, -0.15) is 0 Å². The van der Waals surface area contributed by atoms with E-state index in [9.17, 15) is 4.39 Å². The molecular formula is C23H24FNO2. The number of rotatable bonds is 8. The van der Waals surface area contributed by atoms with E-state index in [0.717, 1.165) is 11.3 Å². The highest BCUT2D eigenvalue weighted by Crippen LogP contribution is 2.30. The van der Waals surface area contributed by atoms with Crippen molar-refractivity contribution in [1.29, 1.82) is 0 Å². The molecule has 3 nitrogen and oxygen atoms in total. The number of benzene rings is 3. The third-order valence-electron chi connectivity index (χ3n) is 4.28. The summed E-state index contributed by atoms with van der Waals surface area (Å²) in [5.41, 5.74) is 3.91. The minimum absolute atomic E-state index is 0.160. The quantitative estimate of drug-likeness (QED) is 0.553. The Morgan fingerprint density at radius 3 is 2.44 bits per heavy atom. The second-order valence-electron chi connectivity index (χ2n) is 6.26. The Balaban J connectivity index is 1.70. The number of hydrogen-bond acceptors (Lipinski definition) is 3. The van der Waals surface area contributed by atoms with Gasteiger partial charge >= 0.3 is 0 Å². The van der Waals surface area contributed by atoms with Crippen LogP contribution in [0, 0.1) is 12.7 Å². The van der Waals surface area contributed by atoms with Gasteiger partial charge in [0.25, 0.3) is 0 Å². The Hall–Kier alpha value is -3.01. The van der Waals surface area contributed by atoms with Crippen LogP contribution >= 0.6 is 0 Å². The fourth-order valence-corrected chi connectivity index (χ4v) is 2.79. The molecule has 0 aliphatic heterocycles. The van der Waals surface area contributed by atoms with Crippen molar-refractivity contribution >= 4 is 5.69 Å². The average molecular weight is 365 g/mol. The summed E-state index contributed by atoms with van der Waals surface area (Å²) in [7, 11) is 0. The monoisotopic (exact) mass is 365 g/mol. The normalized spacial score (nSPS) is 10.5. The summed E-state index contributed by atoms with van der Waals surface area (Å²) in [6.07, 6.45) is 0. The zero-order chi connectivity index (χ0) is 19.1. The van der Waals surface area contributed by atoms with Crippen LogP contribution in [0.2, 0.25) is 0 Å². The Kier molecular flexibility index (Phi) is 6.31. The molecule has 0 spiro atoms. The molecule has 0 aliphatic carbocycles. The predicted octanol–water partition coefficient (Wildman–Crippen LogP) is 5.72. The van der Waals surface area contributed by atoms with Gasteiger partial charge in [-0.3, -0.25) is 0 Å². The van der Waals surface area contributed by atoms with Crippen LogP contribution in [0.15, 0.2) is 66.7 Å².